The molecule has 0 saturated carbocycles. The number of benzene rings is 1. The van der Waals surface area contributed by atoms with E-state index in [1.165, 1.54) is 18.1 Å². The molecular weight excluding hydrogens is 326 g/mol. The summed E-state index contributed by atoms with van der Waals surface area (Å²) in [5.41, 5.74) is 2.33. The van der Waals surface area contributed by atoms with Crippen LogP contribution in [0.25, 0.3) is 0 Å². The van der Waals surface area contributed by atoms with E-state index in [0.717, 1.165) is 29.1 Å². The van der Waals surface area contributed by atoms with Crippen molar-refractivity contribution in [2.24, 2.45) is 0 Å². The normalized spacial score (nSPS) is 10.9. The molecule has 0 atom stereocenters. The summed E-state index contributed by atoms with van der Waals surface area (Å²) >= 11 is 1.53. The Bertz CT molecular complexity index is 752. The maximum atomic E-state index is 5.88. The minimum Gasteiger partial charge on any atom is -0.493 e. The highest BCUT2D eigenvalue weighted by Gasteiger charge is 2.08. The molecule has 1 aromatic carbocycles. The largest absolute Gasteiger partial charge is 0.493 e. The number of rotatable bonds is 8. The van der Waals surface area contributed by atoms with E-state index in [1.54, 1.807) is 11.0 Å². The third kappa shape index (κ3) is 4.35. The molecule has 2 aromatic heterocycles. The van der Waals surface area contributed by atoms with E-state index in [0.29, 0.717) is 24.3 Å². The molecule has 0 amide bonds. The zero-order valence-electron chi connectivity index (χ0n) is 13.7. The summed E-state index contributed by atoms with van der Waals surface area (Å²) in [7, 11) is 0. The Kier molecular flexibility index (Phi) is 5.47. The molecule has 0 radical (unpaired) electrons. The minimum atomic E-state index is 0.434. The van der Waals surface area contributed by atoms with Gasteiger partial charge in [0.1, 0.15) is 24.9 Å². The standard InChI is InChI=1S/C16H19N5O2S/c1-12-5-3-6-13(2)15(12)22-7-4-8-24-16-20-19-14(23-16)9-21-11-17-10-18-21/h3,5-6,10-11H,4,7-9H2,1-2H3. The van der Waals surface area contributed by atoms with Gasteiger partial charge in [0, 0.05) is 5.75 Å². The molecule has 3 aromatic rings. The van der Waals surface area contributed by atoms with Crippen LogP contribution in [0, 0.1) is 13.8 Å². The zero-order chi connectivity index (χ0) is 16.8. The predicted octanol–water partition coefficient (Wildman–Crippen LogP) is 2.89. The second-order valence-electron chi connectivity index (χ2n) is 5.33. The fourth-order valence-corrected chi connectivity index (χ4v) is 2.92. The summed E-state index contributed by atoms with van der Waals surface area (Å²) in [5.74, 6) is 2.36. The van der Waals surface area contributed by atoms with Crippen LogP contribution >= 0.6 is 11.8 Å². The van der Waals surface area contributed by atoms with E-state index in [4.69, 9.17) is 9.15 Å². The van der Waals surface area contributed by atoms with Crippen LogP contribution in [0.2, 0.25) is 0 Å². The molecule has 0 unspecified atom stereocenters. The van der Waals surface area contributed by atoms with Crippen LogP contribution < -0.4 is 4.74 Å². The van der Waals surface area contributed by atoms with E-state index in [2.05, 4.69) is 46.3 Å². The van der Waals surface area contributed by atoms with Crippen molar-refractivity contribution in [1.29, 1.82) is 0 Å². The minimum absolute atomic E-state index is 0.434. The average Bonchev–Trinajstić information content (AvgIpc) is 3.22. The Morgan fingerprint density at radius 3 is 2.79 bits per heavy atom. The van der Waals surface area contributed by atoms with Crippen LogP contribution in [0.4, 0.5) is 0 Å². The fraction of sp³-hybridized carbons (Fsp3) is 0.375. The summed E-state index contributed by atoms with van der Waals surface area (Å²) in [5, 5.41) is 12.6. The van der Waals surface area contributed by atoms with Crippen LogP contribution in [0.15, 0.2) is 40.5 Å². The summed E-state index contributed by atoms with van der Waals surface area (Å²) in [6.07, 6.45) is 3.99. The third-order valence-electron chi connectivity index (χ3n) is 3.38. The summed E-state index contributed by atoms with van der Waals surface area (Å²) in [4.78, 5) is 3.88. The second-order valence-corrected chi connectivity index (χ2v) is 6.37. The lowest BCUT2D eigenvalue weighted by atomic mass is 10.1. The molecule has 24 heavy (non-hydrogen) atoms. The smallest absolute Gasteiger partial charge is 0.276 e. The molecule has 126 valence electrons. The summed E-state index contributed by atoms with van der Waals surface area (Å²) in [6.45, 7) is 5.22. The van der Waals surface area contributed by atoms with E-state index in [1.807, 2.05) is 6.07 Å². The van der Waals surface area contributed by atoms with Gasteiger partial charge in [-0.3, -0.25) is 0 Å². The first-order valence-corrected chi connectivity index (χ1v) is 8.67. The fourth-order valence-electron chi connectivity index (χ4n) is 2.23. The first-order valence-electron chi connectivity index (χ1n) is 7.69. The average molecular weight is 345 g/mol. The zero-order valence-corrected chi connectivity index (χ0v) is 14.5. The Morgan fingerprint density at radius 1 is 1.21 bits per heavy atom. The van der Waals surface area contributed by atoms with Crippen molar-refractivity contribution < 1.29 is 9.15 Å². The van der Waals surface area contributed by atoms with Gasteiger partial charge in [0.15, 0.2) is 0 Å². The lowest BCUT2D eigenvalue weighted by Gasteiger charge is -2.11. The number of hydrogen-bond donors (Lipinski definition) is 0. The Labute approximate surface area is 144 Å². The summed E-state index contributed by atoms with van der Waals surface area (Å²) < 4.78 is 13.1. The molecule has 0 N–H and O–H groups in total. The van der Waals surface area contributed by atoms with Gasteiger partial charge in [-0.2, -0.15) is 5.10 Å². The van der Waals surface area contributed by atoms with Crippen LogP contribution in [0.1, 0.15) is 23.4 Å². The second kappa shape index (κ2) is 7.96. The van der Waals surface area contributed by atoms with Crippen molar-refractivity contribution in [2.75, 3.05) is 12.4 Å². The molecular formula is C16H19N5O2S. The quantitative estimate of drug-likeness (QED) is 0.459. The lowest BCUT2D eigenvalue weighted by Crippen LogP contribution is -2.01. The lowest BCUT2D eigenvalue weighted by molar-refractivity contribution is 0.314. The van der Waals surface area contributed by atoms with Gasteiger partial charge in [-0.15, -0.1) is 10.2 Å². The number of thioether (sulfide) groups is 1. The molecule has 0 bridgehead atoms. The van der Waals surface area contributed by atoms with E-state index < -0.39 is 0 Å². The van der Waals surface area contributed by atoms with Gasteiger partial charge in [-0.05, 0) is 31.4 Å². The third-order valence-corrected chi connectivity index (χ3v) is 4.29. The highest BCUT2D eigenvalue weighted by molar-refractivity contribution is 7.99. The number of para-hydroxylation sites is 1. The molecule has 8 heteroatoms. The van der Waals surface area contributed by atoms with Crippen LogP contribution in [-0.4, -0.2) is 37.3 Å². The molecule has 0 aliphatic carbocycles. The summed E-state index contributed by atoms with van der Waals surface area (Å²) in [6, 6.07) is 6.16. The van der Waals surface area contributed by atoms with Gasteiger partial charge in [0.05, 0.1) is 6.61 Å². The van der Waals surface area contributed by atoms with Crippen molar-refractivity contribution in [3.05, 3.63) is 47.9 Å². The number of aryl methyl sites for hydroxylation is 2. The van der Waals surface area contributed by atoms with E-state index in [-0.39, 0.29) is 0 Å². The number of aromatic nitrogens is 5. The van der Waals surface area contributed by atoms with Gasteiger partial charge < -0.3 is 9.15 Å². The Hall–Kier alpha value is -2.35. The van der Waals surface area contributed by atoms with Crippen LogP contribution in [0.3, 0.4) is 0 Å². The first-order chi connectivity index (χ1) is 11.7. The van der Waals surface area contributed by atoms with Gasteiger partial charge >= 0.3 is 0 Å². The Balaban J connectivity index is 1.40. The van der Waals surface area contributed by atoms with Crippen LogP contribution in [0.5, 0.6) is 5.75 Å². The topological polar surface area (TPSA) is 78.9 Å². The molecule has 0 aliphatic heterocycles. The van der Waals surface area contributed by atoms with Gasteiger partial charge in [0.2, 0.25) is 5.89 Å². The molecule has 0 fully saturated rings. The molecule has 2 heterocycles. The molecule has 3 rings (SSSR count). The van der Waals surface area contributed by atoms with Crippen molar-refractivity contribution in [1.82, 2.24) is 25.0 Å². The highest BCUT2D eigenvalue weighted by atomic mass is 32.2. The predicted molar refractivity (Wildman–Crippen MR) is 90.2 cm³/mol. The van der Waals surface area contributed by atoms with Crippen molar-refractivity contribution in [3.63, 3.8) is 0 Å². The number of nitrogens with zero attached hydrogens (tertiary/aromatic N) is 5. The van der Waals surface area contributed by atoms with E-state index in [9.17, 15) is 0 Å². The van der Waals surface area contributed by atoms with Crippen molar-refractivity contribution in [2.45, 2.75) is 32.0 Å². The number of ether oxygens (including phenoxy) is 1. The molecule has 0 spiro atoms. The monoisotopic (exact) mass is 345 g/mol. The first kappa shape index (κ1) is 16.5. The number of hydrogen-bond acceptors (Lipinski definition) is 7. The highest BCUT2D eigenvalue weighted by Crippen LogP contribution is 2.23. The van der Waals surface area contributed by atoms with Crippen molar-refractivity contribution >= 4 is 11.8 Å². The van der Waals surface area contributed by atoms with Crippen LogP contribution in [-0.2, 0) is 6.54 Å². The molecule has 7 nitrogen and oxygen atoms in total. The van der Waals surface area contributed by atoms with E-state index >= 15 is 0 Å². The van der Waals surface area contributed by atoms with Gasteiger partial charge in [-0.1, -0.05) is 30.0 Å². The maximum absolute atomic E-state index is 5.88. The van der Waals surface area contributed by atoms with Crippen molar-refractivity contribution in [3.8, 4) is 5.75 Å². The Morgan fingerprint density at radius 2 is 2.04 bits per heavy atom. The maximum Gasteiger partial charge on any atom is 0.276 e. The van der Waals surface area contributed by atoms with Gasteiger partial charge in [0.25, 0.3) is 5.22 Å². The molecule has 0 aliphatic rings. The van der Waals surface area contributed by atoms with Gasteiger partial charge in [-0.25, -0.2) is 9.67 Å². The molecule has 0 saturated heterocycles. The SMILES string of the molecule is Cc1cccc(C)c1OCCCSc1nnc(Cn2cncn2)o1.